The maximum Gasteiger partial charge on any atom is 0.253 e. The van der Waals surface area contributed by atoms with Crippen molar-refractivity contribution in [1.82, 2.24) is 10.2 Å². The summed E-state index contributed by atoms with van der Waals surface area (Å²) < 4.78 is 0. The predicted molar refractivity (Wildman–Crippen MR) is 80.4 cm³/mol. The van der Waals surface area contributed by atoms with Gasteiger partial charge in [0.25, 0.3) is 5.91 Å². The average molecular weight is 286 g/mol. The van der Waals surface area contributed by atoms with Crippen LogP contribution in [0, 0.1) is 5.92 Å². The molecule has 0 bridgehead atoms. The topological polar surface area (TPSA) is 49.4 Å². The largest absolute Gasteiger partial charge is 0.336 e. The third kappa shape index (κ3) is 2.13. The first kappa shape index (κ1) is 14.1. The number of hydrogen-bond acceptors (Lipinski definition) is 2. The lowest BCUT2D eigenvalue weighted by Gasteiger charge is -2.44. The van der Waals surface area contributed by atoms with Crippen molar-refractivity contribution in [1.29, 1.82) is 0 Å². The number of nitrogens with zero attached hydrogens (tertiary/aromatic N) is 1. The van der Waals surface area contributed by atoms with Gasteiger partial charge >= 0.3 is 0 Å². The number of benzene rings is 1. The Labute approximate surface area is 125 Å². The summed E-state index contributed by atoms with van der Waals surface area (Å²) in [7, 11) is 0. The fourth-order valence-electron chi connectivity index (χ4n) is 3.38. The quantitative estimate of drug-likeness (QED) is 0.924. The van der Waals surface area contributed by atoms with Crippen LogP contribution in [-0.4, -0.2) is 28.8 Å². The molecule has 2 fully saturated rings. The van der Waals surface area contributed by atoms with E-state index in [0.29, 0.717) is 5.92 Å². The molecule has 1 saturated carbocycles. The molecule has 1 aromatic carbocycles. The van der Waals surface area contributed by atoms with Gasteiger partial charge in [0.05, 0.1) is 0 Å². The molecule has 1 heterocycles. The zero-order chi connectivity index (χ0) is 15.2. The zero-order valence-corrected chi connectivity index (χ0v) is 12.8. The second-order valence-corrected chi connectivity index (χ2v) is 6.34. The molecule has 4 nitrogen and oxygen atoms in total. The van der Waals surface area contributed by atoms with Crippen LogP contribution in [0.15, 0.2) is 30.3 Å². The lowest BCUT2D eigenvalue weighted by atomic mass is 9.87. The molecule has 2 aliphatic rings. The van der Waals surface area contributed by atoms with Crippen molar-refractivity contribution in [2.45, 2.75) is 51.2 Å². The van der Waals surface area contributed by atoms with E-state index < -0.39 is 5.54 Å². The maximum atomic E-state index is 13.1. The number of amides is 2. The van der Waals surface area contributed by atoms with Gasteiger partial charge in [-0.3, -0.25) is 9.59 Å². The first-order valence-electron chi connectivity index (χ1n) is 7.69. The molecule has 2 amide bonds. The van der Waals surface area contributed by atoms with Crippen LogP contribution in [0.4, 0.5) is 0 Å². The summed E-state index contributed by atoms with van der Waals surface area (Å²) in [4.78, 5) is 27.2. The van der Waals surface area contributed by atoms with E-state index in [9.17, 15) is 9.59 Å². The molecule has 3 rings (SSSR count). The van der Waals surface area contributed by atoms with Gasteiger partial charge in [-0.05, 0) is 31.7 Å². The summed E-state index contributed by atoms with van der Waals surface area (Å²) >= 11 is 0. The minimum atomic E-state index is -0.953. The SMILES string of the molecule is CCC1CC1N1C(=O)C(C)(c2ccccc2)NC(=O)C1C. The summed E-state index contributed by atoms with van der Waals surface area (Å²) in [5.41, 5.74) is -0.111. The van der Waals surface area contributed by atoms with E-state index in [1.54, 1.807) is 0 Å². The van der Waals surface area contributed by atoms with Gasteiger partial charge in [-0.1, -0.05) is 43.7 Å². The van der Waals surface area contributed by atoms with Crippen molar-refractivity contribution >= 4 is 11.8 Å². The fraction of sp³-hybridized carbons (Fsp3) is 0.529. The van der Waals surface area contributed by atoms with Gasteiger partial charge < -0.3 is 10.2 Å². The number of nitrogens with one attached hydrogen (secondary N) is 1. The molecule has 1 N–H and O–H groups in total. The van der Waals surface area contributed by atoms with Gasteiger partial charge in [0.2, 0.25) is 5.91 Å². The monoisotopic (exact) mass is 286 g/mol. The van der Waals surface area contributed by atoms with Crippen LogP contribution in [0.5, 0.6) is 0 Å². The van der Waals surface area contributed by atoms with Gasteiger partial charge in [0, 0.05) is 6.04 Å². The highest BCUT2D eigenvalue weighted by molar-refractivity contribution is 6.00. The van der Waals surface area contributed by atoms with E-state index in [4.69, 9.17) is 0 Å². The summed E-state index contributed by atoms with van der Waals surface area (Å²) in [5, 5.41) is 2.92. The highest BCUT2D eigenvalue weighted by atomic mass is 16.2. The van der Waals surface area contributed by atoms with Crippen LogP contribution < -0.4 is 5.32 Å². The molecule has 21 heavy (non-hydrogen) atoms. The second kappa shape index (κ2) is 4.86. The molecule has 1 aliphatic carbocycles. The number of carbonyl (C=O) groups is 2. The van der Waals surface area contributed by atoms with Crippen LogP contribution in [0.3, 0.4) is 0 Å². The molecule has 0 spiro atoms. The second-order valence-electron chi connectivity index (χ2n) is 6.34. The van der Waals surface area contributed by atoms with Crippen molar-refractivity contribution in [2.24, 2.45) is 5.92 Å². The Hall–Kier alpha value is -1.84. The van der Waals surface area contributed by atoms with Crippen LogP contribution in [0.1, 0.15) is 39.2 Å². The molecule has 1 aromatic rings. The Morgan fingerprint density at radius 1 is 1.29 bits per heavy atom. The third-order valence-corrected chi connectivity index (χ3v) is 4.95. The summed E-state index contributed by atoms with van der Waals surface area (Å²) in [6.07, 6.45) is 2.08. The Morgan fingerprint density at radius 3 is 2.52 bits per heavy atom. The molecule has 4 heteroatoms. The standard InChI is InChI=1S/C17H22N2O2/c1-4-12-10-14(12)19-11(2)15(20)18-17(3,16(19)21)13-8-6-5-7-9-13/h5-9,11-12,14H,4,10H2,1-3H3,(H,18,20). The zero-order valence-electron chi connectivity index (χ0n) is 12.8. The molecule has 0 radical (unpaired) electrons. The van der Waals surface area contributed by atoms with Gasteiger partial charge in [0.1, 0.15) is 11.6 Å². The Balaban J connectivity index is 1.96. The van der Waals surface area contributed by atoms with Crippen molar-refractivity contribution in [3.05, 3.63) is 35.9 Å². The number of rotatable bonds is 3. The lowest BCUT2D eigenvalue weighted by molar-refractivity contribution is -0.155. The third-order valence-electron chi connectivity index (χ3n) is 4.95. The van der Waals surface area contributed by atoms with Crippen LogP contribution in [0.2, 0.25) is 0 Å². The molecule has 4 atom stereocenters. The van der Waals surface area contributed by atoms with Gasteiger partial charge in [-0.25, -0.2) is 0 Å². The van der Waals surface area contributed by atoms with E-state index in [1.807, 2.05) is 49.1 Å². The number of carbonyl (C=O) groups excluding carboxylic acids is 2. The van der Waals surface area contributed by atoms with E-state index in [1.165, 1.54) is 0 Å². The first-order valence-corrected chi connectivity index (χ1v) is 7.69. The predicted octanol–water partition coefficient (Wildman–Crippen LogP) is 2.05. The van der Waals surface area contributed by atoms with Gasteiger partial charge in [-0.15, -0.1) is 0 Å². The highest BCUT2D eigenvalue weighted by Gasteiger charge is 2.54. The Bertz CT molecular complexity index is 571. The minimum Gasteiger partial charge on any atom is -0.336 e. The van der Waals surface area contributed by atoms with Gasteiger partial charge in [-0.2, -0.15) is 0 Å². The van der Waals surface area contributed by atoms with E-state index in [0.717, 1.165) is 18.4 Å². The van der Waals surface area contributed by atoms with E-state index in [2.05, 4.69) is 12.2 Å². The average Bonchev–Trinajstić information content (AvgIpc) is 3.26. The minimum absolute atomic E-state index is 0.0155. The fourth-order valence-corrected chi connectivity index (χ4v) is 3.38. The Kier molecular flexibility index (Phi) is 3.27. The molecule has 112 valence electrons. The van der Waals surface area contributed by atoms with Crippen LogP contribution in [-0.2, 0) is 15.1 Å². The molecular weight excluding hydrogens is 264 g/mol. The molecule has 1 aliphatic heterocycles. The lowest BCUT2D eigenvalue weighted by Crippen LogP contribution is -2.67. The summed E-state index contributed by atoms with van der Waals surface area (Å²) in [6, 6.07) is 9.36. The van der Waals surface area contributed by atoms with Crippen LogP contribution >= 0.6 is 0 Å². The summed E-state index contributed by atoms with van der Waals surface area (Å²) in [6.45, 7) is 5.77. The van der Waals surface area contributed by atoms with Crippen LogP contribution in [0.25, 0.3) is 0 Å². The van der Waals surface area contributed by atoms with Crippen molar-refractivity contribution in [3.63, 3.8) is 0 Å². The van der Waals surface area contributed by atoms with Crippen molar-refractivity contribution in [3.8, 4) is 0 Å². The molecule has 0 aromatic heterocycles. The normalized spacial score (nSPS) is 35.6. The Morgan fingerprint density at radius 2 is 1.95 bits per heavy atom. The highest BCUT2D eigenvalue weighted by Crippen LogP contribution is 2.42. The molecular formula is C17H22N2O2. The first-order chi connectivity index (χ1) is 9.99. The molecule has 4 unspecified atom stereocenters. The molecule has 1 saturated heterocycles. The maximum absolute atomic E-state index is 13.1. The number of hydrogen-bond donors (Lipinski definition) is 1. The van der Waals surface area contributed by atoms with Crippen molar-refractivity contribution < 1.29 is 9.59 Å². The van der Waals surface area contributed by atoms with E-state index in [-0.39, 0.29) is 23.9 Å². The number of piperazine rings is 1. The van der Waals surface area contributed by atoms with E-state index >= 15 is 0 Å². The smallest absolute Gasteiger partial charge is 0.253 e. The summed E-state index contributed by atoms with van der Waals surface area (Å²) in [5.74, 6) is 0.492. The van der Waals surface area contributed by atoms with Crippen molar-refractivity contribution in [2.75, 3.05) is 0 Å². The van der Waals surface area contributed by atoms with Gasteiger partial charge in [0.15, 0.2) is 0 Å².